The molecule has 0 saturated heterocycles. The molecule has 1 heterocycles. The van der Waals surface area contributed by atoms with Crippen molar-refractivity contribution in [1.29, 1.82) is 0 Å². The first kappa shape index (κ1) is 17.2. The molecular weight excluding hydrogens is 332 g/mol. The summed E-state index contributed by atoms with van der Waals surface area (Å²) in [5.74, 6) is 1.38. The zero-order valence-corrected chi connectivity index (χ0v) is 15.4. The zero-order valence-electron chi connectivity index (χ0n) is 14.6. The van der Waals surface area contributed by atoms with Crippen LogP contribution in [0.3, 0.4) is 0 Å². The van der Waals surface area contributed by atoms with Gasteiger partial charge in [-0.15, -0.1) is 0 Å². The highest BCUT2D eigenvalue weighted by molar-refractivity contribution is 6.30. The van der Waals surface area contributed by atoms with Crippen LogP contribution in [0.15, 0.2) is 48.5 Å². The highest BCUT2D eigenvalue weighted by atomic mass is 35.5. The fourth-order valence-electron chi connectivity index (χ4n) is 2.52. The molecule has 128 valence electrons. The van der Waals surface area contributed by atoms with E-state index in [0.717, 1.165) is 27.8 Å². The minimum absolute atomic E-state index is 0.590. The summed E-state index contributed by atoms with van der Waals surface area (Å²) in [7, 11) is 0. The smallest absolute Gasteiger partial charge is 0.229 e. The highest BCUT2D eigenvalue weighted by Gasteiger charge is 2.06. The van der Waals surface area contributed by atoms with Crippen LogP contribution in [0.4, 0.5) is 17.5 Å². The summed E-state index contributed by atoms with van der Waals surface area (Å²) in [5, 5.41) is 7.40. The summed E-state index contributed by atoms with van der Waals surface area (Å²) >= 11 is 5.92. The second kappa shape index (κ2) is 7.53. The van der Waals surface area contributed by atoms with Gasteiger partial charge in [0.05, 0.1) is 0 Å². The van der Waals surface area contributed by atoms with Crippen LogP contribution in [0.2, 0.25) is 5.02 Å². The second-order valence-corrected chi connectivity index (χ2v) is 6.51. The highest BCUT2D eigenvalue weighted by Crippen LogP contribution is 2.22. The van der Waals surface area contributed by atoms with Gasteiger partial charge in [-0.1, -0.05) is 35.9 Å². The standard InChI is InChI=1S/C20H21ClN4/c1-13-5-4-6-18(15(13)3)24-20-23-14(2)11-19(25-20)22-12-16-7-9-17(21)10-8-16/h4-11H,12H2,1-3H3,(H2,22,23,24,25). The molecule has 0 radical (unpaired) electrons. The van der Waals surface area contributed by atoms with E-state index in [1.165, 1.54) is 11.1 Å². The molecule has 5 heteroatoms. The van der Waals surface area contributed by atoms with Crippen molar-refractivity contribution in [3.8, 4) is 0 Å². The molecule has 4 nitrogen and oxygen atoms in total. The van der Waals surface area contributed by atoms with Crippen LogP contribution in [0.1, 0.15) is 22.4 Å². The van der Waals surface area contributed by atoms with E-state index in [1.807, 2.05) is 49.4 Å². The summed E-state index contributed by atoms with van der Waals surface area (Å²) in [5.41, 5.74) is 5.50. The Morgan fingerprint density at radius 1 is 0.960 bits per heavy atom. The maximum absolute atomic E-state index is 5.92. The molecule has 25 heavy (non-hydrogen) atoms. The van der Waals surface area contributed by atoms with Crippen molar-refractivity contribution in [3.63, 3.8) is 0 Å². The van der Waals surface area contributed by atoms with Crippen LogP contribution in [-0.2, 0) is 6.54 Å². The number of aromatic nitrogens is 2. The third-order valence-corrected chi connectivity index (χ3v) is 4.34. The van der Waals surface area contributed by atoms with Crippen molar-refractivity contribution in [2.45, 2.75) is 27.3 Å². The molecule has 0 aliphatic rings. The molecule has 0 aliphatic carbocycles. The van der Waals surface area contributed by atoms with Gasteiger partial charge in [0.25, 0.3) is 0 Å². The lowest BCUT2D eigenvalue weighted by Crippen LogP contribution is -2.06. The Morgan fingerprint density at radius 3 is 2.48 bits per heavy atom. The Kier molecular flexibility index (Phi) is 5.19. The van der Waals surface area contributed by atoms with Crippen molar-refractivity contribution in [1.82, 2.24) is 9.97 Å². The van der Waals surface area contributed by atoms with Crippen LogP contribution in [0, 0.1) is 20.8 Å². The topological polar surface area (TPSA) is 49.8 Å². The summed E-state index contributed by atoms with van der Waals surface area (Å²) in [6, 6.07) is 15.9. The van der Waals surface area contributed by atoms with Crippen molar-refractivity contribution in [3.05, 3.63) is 75.9 Å². The molecule has 3 rings (SSSR count). The molecule has 0 spiro atoms. The van der Waals surface area contributed by atoms with Gasteiger partial charge < -0.3 is 10.6 Å². The molecule has 0 saturated carbocycles. The van der Waals surface area contributed by atoms with Crippen LogP contribution < -0.4 is 10.6 Å². The fourth-order valence-corrected chi connectivity index (χ4v) is 2.64. The van der Waals surface area contributed by atoms with Crippen LogP contribution in [0.5, 0.6) is 0 Å². The SMILES string of the molecule is Cc1cc(NCc2ccc(Cl)cc2)nc(Nc2cccc(C)c2C)n1. The number of benzene rings is 2. The van der Waals surface area contributed by atoms with Crippen molar-refractivity contribution >= 4 is 29.1 Å². The maximum Gasteiger partial charge on any atom is 0.229 e. The molecule has 2 aromatic carbocycles. The van der Waals surface area contributed by atoms with E-state index in [9.17, 15) is 0 Å². The van der Waals surface area contributed by atoms with Crippen LogP contribution in [-0.4, -0.2) is 9.97 Å². The average Bonchev–Trinajstić information content (AvgIpc) is 2.58. The predicted octanol–water partition coefficient (Wildman–Crippen LogP) is 5.41. The van der Waals surface area contributed by atoms with Gasteiger partial charge in [-0.25, -0.2) is 4.98 Å². The Morgan fingerprint density at radius 2 is 1.72 bits per heavy atom. The third kappa shape index (κ3) is 4.48. The molecule has 0 atom stereocenters. The van der Waals surface area contributed by atoms with E-state index in [0.29, 0.717) is 12.5 Å². The Hall–Kier alpha value is -2.59. The second-order valence-electron chi connectivity index (χ2n) is 6.07. The number of anilines is 3. The molecule has 0 amide bonds. The van der Waals surface area contributed by atoms with Gasteiger partial charge in [-0.05, 0) is 55.7 Å². The minimum Gasteiger partial charge on any atom is -0.366 e. The summed E-state index contributed by atoms with van der Waals surface area (Å²) in [6.07, 6.45) is 0. The number of rotatable bonds is 5. The minimum atomic E-state index is 0.590. The molecule has 0 fully saturated rings. The van der Waals surface area contributed by atoms with Gasteiger partial charge in [0, 0.05) is 29.0 Å². The maximum atomic E-state index is 5.92. The number of aryl methyl sites for hydroxylation is 2. The summed E-state index contributed by atoms with van der Waals surface area (Å²) in [6.45, 7) is 6.82. The lowest BCUT2D eigenvalue weighted by Gasteiger charge is -2.12. The monoisotopic (exact) mass is 352 g/mol. The van der Waals surface area contributed by atoms with Gasteiger partial charge in [-0.2, -0.15) is 4.98 Å². The number of hydrogen-bond donors (Lipinski definition) is 2. The molecule has 0 unspecified atom stereocenters. The van der Waals surface area contributed by atoms with Gasteiger partial charge in [0.15, 0.2) is 0 Å². The molecule has 1 aromatic heterocycles. The van der Waals surface area contributed by atoms with E-state index in [1.54, 1.807) is 0 Å². The number of halogens is 1. The predicted molar refractivity (Wildman–Crippen MR) is 105 cm³/mol. The van der Waals surface area contributed by atoms with E-state index in [2.05, 4.69) is 40.5 Å². The Bertz CT molecular complexity index is 875. The van der Waals surface area contributed by atoms with Crippen molar-refractivity contribution < 1.29 is 0 Å². The van der Waals surface area contributed by atoms with Crippen molar-refractivity contribution in [2.75, 3.05) is 10.6 Å². The number of nitrogens with zero attached hydrogens (tertiary/aromatic N) is 2. The van der Waals surface area contributed by atoms with E-state index >= 15 is 0 Å². The normalized spacial score (nSPS) is 10.6. The zero-order chi connectivity index (χ0) is 17.8. The molecule has 3 aromatic rings. The Labute approximate surface area is 153 Å². The first-order valence-electron chi connectivity index (χ1n) is 8.18. The lowest BCUT2D eigenvalue weighted by molar-refractivity contribution is 1.06. The summed E-state index contributed by atoms with van der Waals surface area (Å²) < 4.78 is 0. The number of nitrogens with one attached hydrogen (secondary N) is 2. The first-order valence-corrected chi connectivity index (χ1v) is 8.56. The summed E-state index contributed by atoms with van der Waals surface area (Å²) in [4.78, 5) is 9.06. The molecule has 0 aliphatic heterocycles. The molecular formula is C20H21ClN4. The largest absolute Gasteiger partial charge is 0.366 e. The van der Waals surface area contributed by atoms with Crippen LogP contribution >= 0.6 is 11.6 Å². The van der Waals surface area contributed by atoms with Gasteiger partial charge in [0.2, 0.25) is 5.95 Å². The van der Waals surface area contributed by atoms with Gasteiger partial charge >= 0.3 is 0 Å². The molecule has 2 N–H and O–H groups in total. The van der Waals surface area contributed by atoms with E-state index in [4.69, 9.17) is 11.6 Å². The van der Waals surface area contributed by atoms with E-state index in [-0.39, 0.29) is 0 Å². The van der Waals surface area contributed by atoms with Gasteiger partial charge in [-0.3, -0.25) is 0 Å². The van der Waals surface area contributed by atoms with Crippen molar-refractivity contribution in [2.24, 2.45) is 0 Å². The quantitative estimate of drug-likeness (QED) is 0.644. The fraction of sp³-hybridized carbons (Fsp3) is 0.200. The first-order chi connectivity index (χ1) is 12.0. The average molecular weight is 353 g/mol. The Balaban J connectivity index is 1.76. The van der Waals surface area contributed by atoms with E-state index < -0.39 is 0 Å². The van der Waals surface area contributed by atoms with Gasteiger partial charge in [0.1, 0.15) is 5.82 Å². The molecule has 0 bridgehead atoms. The number of hydrogen-bond acceptors (Lipinski definition) is 4. The third-order valence-electron chi connectivity index (χ3n) is 4.09. The lowest BCUT2D eigenvalue weighted by atomic mass is 10.1. The van der Waals surface area contributed by atoms with Crippen LogP contribution in [0.25, 0.3) is 0 Å².